The third-order valence-electron chi connectivity index (χ3n) is 10.5. The Labute approximate surface area is 304 Å². The number of para-hydroxylation sites is 1. The molecular weight excluding hydrogens is 647 g/mol. The fourth-order valence-corrected chi connectivity index (χ4v) is 7.98. The zero-order chi connectivity index (χ0) is 34.9. The molecule has 0 amide bonds. The van der Waals surface area contributed by atoms with E-state index in [1.165, 1.54) is 32.3 Å². The van der Waals surface area contributed by atoms with Gasteiger partial charge in [-0.1, -0.05) is 146 Å². The molecule has 0 spiro atoms. The van der Waals surface area contributed by atoms with Crippen LogP contribution >= 0.6 is 0 Å². The molecule has 2 heterocycles. The lowest BCUT2D eigenvalue weighted by molar-refractivity contribution is 0.672. The minimum absolute atomic E-state index is 0.611. The van der Waals surface area contributed by atoms with E-state index >= 15 is 0 Å². The van der Waals surface area contributed by atoms with Gasteiger partial charge in [0, 0.05) is 32.8 Å². The monoisotopic (exact) mass is 675 g/mol. The van der Waals surface area contributed by atoms with E-state index in [2.05, 4.69) is 140 Å². The lowest BCUT2D eigenvalue weighted by Gasteiger charge is -2.14. The first-order valence-corrected chi connectivity index (χ1v) is 17.9. The second kappa shape index (κ2) is 11.7. The van der Waals surface area contributed by atoms with Crippen molar-refractivity contribution in [2.24, 2.45) is 0 Å². The molecule has 0 fully saturated rings. The normalized spacial score (nSPS) is 11.8. The molecule has 0 bridgehead atoms. The number of fused-ring (bicyclic) bond motifs is 11. The highest BCUT2D eigenvalue weighted by Gasteiger charge is 2.20. The number of benzene rings is 9. The van der Waals surface area contributed by atoms with Gasteiger partial charge in [0.1, 0.15) is 11.2 Å². The van der Waals surface area contributed by atoms with Crippen LogP contribution < -0.4 is 0 Å². The summed E-state index contributed by atoms with van der Waals surface area (Å²) in [6.45, 7) is 0. The molecule has 0 radical (unpaired) electrons. The van der Waals surface area contributed by atoms with Crippen LogP contribution in [-0.2, 0) is 0 Å². The van der Waals surface area contributed by atoms with Crippen LogP contribution in [-0.4, -0.2) is 15.0 Å². The molecule has 0 unspecified atom stereocenters. The van der Waals surface area contributed by atoms with Gasteiger partial charge in [-0.2, -0.15) is 0 Å². The zero-order valence-corrected chi connectivity index (χ0v) is 28.5. The molecule has 4 nitrogen and oxygen atoms in total. The fraction of sp³-hybridized carbons (Fsp3) is 0. The van der Waals surface area contributed by atoms with E-state index in [-0.39, 0.29) is 0 Å². The SMILES string of the molecule is c1ccc(-c2ccc3c(c2)c(-c2nc(-c4ccccc4)nc(-c4ccc5c6ccccc6c6ccccc6c5c4)n2)cc2c4ccccc4oc32)cc1. The standard InChI is InChI=1S/C49H29N3O/c1-3-13-30(14-4-1)32-23-26-40-42(27-32)44(29-43-39-21-11-12-22-45(39)53-46(40)43)49-51-47(31-15-5-2-6-16-31)50-48(52-49)33-24-25-38-36-19-8-7-17-34(36)35-18-9-10-20-37(35)41(38)28-33/h1-29H. The Hall–Kier alpha value is -7.17. The predicted octanol–water partition coefficient (Wildman–Crippen LogP) is 13.1. The maximum atomic E-state index is 6.54. The smallest absolute Gasteiger partial charge is 0.164 e. The molecule has 11 rings (SSSR count). The number of nitrogens with zero attached hydrogens (tertiary/aromatic N) is 3. The van der Waals surface area contributed by atoms with Crippen molar-refractivity contribution >= 4 is 65.0 Å². The van der Waals surface area contributed by atoms with Crippen molar-refractivity contribution in [3.8, 4) is 45.3 Å². The van der Waals surface area contributed by atoms with Crippen molar-refractivity contribution in [2.45, 2.75) is 0 Å². The summed E-state index contributed by atoms with van der Waals surface area (Å²) in [7, 11) is 0. The highest BCUT2D eigenvalue weighted by molar-refractivity contribution is 6.26. The molecule has 9 aromatic carbocycles. The van der Waals surface area contributed by atoms with Crippen molar-refractivity contribution in [3.63, 3.8) is 0 Å². The van der Waals surface area contributed by atoms with Crippen LogP contribution in [0.4, 0.5) is 0 Å². The molecule has 0 N–H and O–H groups in total. The molecule has 0 aliphatic carbocycles. The maximum absolute atomic E-state index is 6.54. The van der Waals surface area contributed by atoms with Gasteiger partial charge in [-0.05, 0) is 79.2 Å². The largest absolute Gasteiger partial charge is 0.455 e. The van der Waals surface area contributed by atoms with Gasteiger partial charge < -0.3 is 4.42 Å². The van der Waals surface area contributed by atoms with Gasteiger partial charge in [0.15, 0.2) is 17.5 Å². The number of furan rings is 1. The summed E-state index contributed by atoms with van der Waals surface area (Å²) in [5.74, 6) is 1.86. The Kier molecular flexibility index (Phi) is 6.52. The number of aromatic nitrogens is 3. The lowest BCUT2D eigenvalue weighted by Crippen LogP contribution is -2.01. The van der Waals surface area contributed by atoms with Crippen LogP contribution in [0.1, 0.15) is 0 Å². The Morgan fingerprint density at radius 2 is 0.774 bits per heavy atom. The van der Waals surface area contributed by atoms with Crippen LogP contribution in [0.25, 0.3) is 110 Å². The Balaban J connectivity index is 1.21. The van der Waals surface area contributed by atoms with Gasteiger partial charge in [-0.25, -0.2) is 15.0 Å². The summed E-state index contributed by atoms with van der Waals surface area (Å²) in [5.41, 5.74) is 6.75. The first-order valence-electron chi connectivity index (χ1n) is 17.9. The van der Waals surface area contributed by atoms with E-state index in [0.717, 1.165) is 60.5 Å². The molecule has 0 saturated heterocycles. The van der Waals surface area contributed by atoms with Crippen molar-refractivity contribution in [2.75, 3.05) is 0 Å². The second-order valence-corrected chi connectivity index (χ2v) is 13.5. The van der Waals surface area contributed by atoms with E-state index in [1.54, 1.807) is 0 Å². The maximum Gasteiger partial charge on any atom is 0.164 e. The Morgan fingerprint density at radius 1 is 0.283 bits per heavy atom. The average Bonchev–Trinajstić information content (AvgIpc) is 3.62. The average molecular weight is 676 g/mol. The molecule has 0 atom stereocenters. The van der Waals surface area contributed by atoms with Crippen LogP contribution in [0.5, 0.6) is 0 Å². The van der Waals surface area contributed by atoms with Gasteiger partial charge in [-0.3, -0.25) is 0 Å². The molecule has 4 heteroatoms. The summed E-state index contributed by atoms with van der Waals surface area (Å²) < 4.78 is 6.54. The third-order valence-corrected chi connectivity index (χ3v) is 10.5. The molecule has 53 heavy (non-hydrogen) atoms. The summed E-state index contributed by atoms with van der Waals surface area (Å²) >= 11 is 0. The zero-order valence-electron chi connectivity index (χ0n) is 28.5. The van der Waals surface area contributed by atoms with Crippen molar-refractivity contribution in [3.05, 3.63) is 176 Å². The summed E-state index contributed by atoms with van der Waals surface area (Å²) in [4.78, 5) is 15.7. The summed E-state index contributed by atoms with van der Waals surface area (Å²) in [5, 5.41) is 11.4. The van der Waals surface area contributed by atoms with E-state index in [0.29, 0.717) is 17.5 Å². The van der Waals surface area contributed by atoms with Crippen LogP contribution in [0.15, 0.2) is 180 Å². The minimum Gasteiger partial charge on any atom is -0.455 e. The summed E-state index contributed by atoms with van der Waals surface area (Å²) in [6.07, 6.45) is 0. The van der Waals surface area contributed by atoms with E-state index in [1.807, 2.05) is 36.4 Å². The van der Waals surface area contributed by atoms with Gasteiger partial charge in [-0.15, -0.1) is 0 Å². The predicted molar refractivity (Wildman–Crippen MR) is 219 cm³/mol. The van der Waals surface area contributed by atoms with E-state index < -0.39 is 0 Å². The number of hydrogen-bond acceptors (Lipinski definition) is 4. The van der Waals surface area contributed by atoms with Crippen molar-refractivity contribution < 1.29 is 4.42 Å². The van der Waals surface area contributed by atoms with E-state index in [4.69, 9.17) is 19.4 Å². The Bertz CT molecular complexity index is 3190. The van der Waals surface area contributed by atoms with Crippen molar-refractivity contribution in [1.82, 2.24) is 15.0 Å². The van der Waals surface area contributed by atoms with Gasteiger partial charge >= 0.3 is 0 Å². The minimum atomic E-state index is 0.611. The number of hydrogen-bond donors (Lipinski definition) is 0. The van der Waals surface area contributed by atoms with Gasteiger partial charge in [0.25, 0.3) is 0 Å². The first-order chi connectivity index (χ1) is 26.3. The van der Waals surface area contributed by atoms with Gasteiger partial charge in [0.2, 0.25) is 0 Å². The molecule has 246 valence electrons. The van der Waals surface area contributed by atoms with Crippen LogP contribution in [0, 0.1) is 0 Å². The first kappa shape index (κ1) is 29.5. The molecule has 0 aliphatic rings. The third kappa shape index (κ3) is 4.73. The molecule has 0 aliphatic heterocycles. The number of rotatable bonds is 4. The van der Waals surface area contributed by atoms with Crippen LogP contribution in [0.3, 0.4) is 0 Å². The molecule has 0 saturated carbocycles. The second-order valence-electron chi connectivity index (χ2n) is 13.5. The lowest BCUT2D eigenvalue weighted by atomic mass is 9.93. The highest BCUT2D eigenvalue weighted by atomic mass is 16.3. The molecule has 11 aromatic rings. The quantitative estimate of drug-likeness (QED) is 0.174. The van der Waals surface area contributed by atoms with Crippen molar-refractivity contribution in [1.29, 1.82) is 0 Å². The topological polar surface area (TPSA) is 51.8 Å². The van der Waals surface area contributed by atoms with Crippen LogP contribution in [0.2, 0.25) is 0 Å². The Morgan fingerprint density at radius 3 is 1.47 bits per heavy atom. The highest BCUT2D eigenvalue weighted by Crippen LogP contribution is 2.42. The molecular formula is C49H29N3O. The van der Waals surface area contributed by atoms with E-state index in [9.17, 15) is 0 Å². The molecule has 2 aromatic heterocycles. The fourth-order valence-electron chi connectivity index (χ4n) is 7.98. The summed E-state index contributed by atoms with van der Waals surface area (Å²) in [6, 6.07) is 61.6. The van der Waals surface area contributed by atoms with Gasteiger partial charge in [0.05, 0.1) is 0 Å².